The molecule has 0 atom stereocenters. The van der Waals surface area contributed by atoms with Gasteiger partial charge >= 0.3 is 0 Å². The molecule has 0 aliphatic rings. The van der Waals surface area contributed by atoms with E-state index >= 15 is 0 Å². The molecule has 4 aromatic rings. The normalized spacial score (nSPS) is 10.9. The highest BCUT2D eigenvalue weighted by Crippen LogP contribution is 2.23. The van der Waals surface area contributed by atoms with Crippen LogP contribution >= 0.6 is 0 Å². The van der Waals surface area contributed by atoms with Gasteiger partial charge in [0.05, 0.1) is 0 Å². The summed E-state index contributed by atoms with van der Waals surface area (Å²) >= 11 is 0. The molecular weight excluding hydrogens is 341 g/mol. The number of nitrogens with zero attached hydrogens (tertiary/aromatic N) is 1. The topological polar surface area (TPSA) is 57.8 Å². The Balaban J connectivity index is 1.42. The molecule has 0 aliphatic heterocycles. The third kappa shape index (κ3) is 3.87. The average Bonchev–Trinajstić information content (AvgIpc) is 3.16. The van der Waals surface area contributed by atoms with Gasteiger partial charge in [0.25, 0.3) is 5.91 Å². The Hall–Kier alpha value is -3.47. The van der Waals surface area contributed by atoms with Crippen LogP contribution in [0.3, 0.4) is 0 Å². The van der Waals surface area contributed by atoms with Gasteiger partial charge in [-0.25, -0.2) is 9.37 Å². The zero-order chi connectivity index (χ0) is 18.6. The van der Waals surface area contributed by atoms with Gasteiger partial charge in [-0.05, 0) is 47.9 Å². The molecule has 2 aromatic carbocycles. The molecule has 0 aliphatic carbocycles. The summed E-state index contributed by atoms with van der Waals surface area (Å²) in [6.45, 7) is 0.480. The molecule has 0 fully saturated rings. The van der Waals surface area contributed by atoms with Crippen molar-refractivity contribution in [3.63, 3.8) is 0 Å². The first-order valence-corrected chi connectivity index (χ1v) is 8.75. The molecule has 0 spiro atoms. The molecule has 5 heteroatoms. The van der Waals surface area contributed by atoms with Crippen LogP contribution in [0.15, 0.2) is 73.1 Å². The van der Waals surface area contributed by atoms with Crippen molar-refractivity contribution in [2.75, 3.05) is 6.54 Å². The number of nitrogens with one attached hydrogen (secondary N) is 2. The molecule has 134 valence electrons. The van der Waals surface area contributed by atoms with E-state index in [1.54, 1.807) is 6.07 Å². The van der Waals surface area contributed by atoms with Crippen LogP contribution in [0.25, 0.3) is 22.2 Å². The highest BCUT2D eigenvalue weighted by molar-refractivity contribution is 5.94. The predicted octanol–water partition coefficient (Wildman–Crippen LogP) is 4.34. The van der Waals surface area contributed by atoms with Gasteiger partial charge < -0.3 is 10.3 Å². The number of hydrogen-bond donors (Lipinski definition) is 2. The maximum absolute atomic E-state index is 13.2. The van der Waals surface area contributed by atoms with Crippen LogP contribution in [0.1, 0.15) is 15.9 Å². The summed E-state index contributed by atoms with van der Waals surface area (Å²) in [6.07, 6.45) is 4.41. The number of carbonyl (C=O) groups excluding carboxylic acids is 1. The second kappa shape index (κ2) is 7.41. The van der Waals surface area contributed by atoms with Gasteiger partial charge in [-0.1, -0.05) is 30.3 Å². The summed E-state index contributed by atoms with van der Waals surface area (Å²) in [6, 6.07) is 18.0. The number of hydrogen-bond acceptors (Lipinski definition) is 2. The van der Waals surface area contributed by atoms with Gasteiger partial charge in [-0.15, -0.1) is 0 Å². The van der Waals surface area contributed by atoms with Crippen LogP contribution < -0.4 is 5.32 Å². The van der Waals surface area contributed by atoms with Crippen molar-refractivity contribution >= 4 is 16.9 Å². The van der Waals surface area contributed by atoms with E-state index in [1.165, 1.54) is 18.2 Å². The van der Waals surface area contributed by atoms with E-state index in [2.05, 4.69) is 27.4 Å². The Morgan fingerprint density at radius 2 is 1.93 bits per heavy atom. The van der Waals surface area contributed by atoms with Gasteiger partial charge in [0.2, 0.25) is 0 Å². The largest absolute Gasteiger partial charge is 0.352 e. The van der Waals surface area contributed by atoms with E-state index < -0.39 is 5.82 Å². The van der Waals surface area contributed by atoms with Crippen molar-refractivity contribution in [2.45, 2.75) is 6.42 Å². The first kappa shape index (κ1) is 17.0. The fourth-order valence-electron chi connectivity index (χ4n) is 3.06. The highest BCUT2D eigenvalue weighted by atomic mass is 19.1. The number of halogens is 1. The number of H-pyrrole nitrogens is 1. The van der Waals surface area contributed by atoms with Crippen molar-refractivity contribution in [1.29, 1.82) is 0 Å². The molecular formula is C22H18FN3O. The fraction of sp³-hybridized carbons (Fsp3) is 0.0909. The van der Waals surface area contributed by atoms with E-state index in [4.69, 9.17) is 0 Å². The zero-order valence-corrected chi connectivity index (χ0v) is 14.6. The minimum Gasteiger partial charge on any atom is -0.352 e. The smallest absolute Gasteiger partial charge is 0.251 e. The molecule has 1 amide bonds. The Morgan fingerprint density at radius 3 is 2.81 bits per heavy atom. The molecule has 2 N–H and O–H groups in total. The maximum Gasteiger partial charge on any atom is 0.251 e. The molecule has 0 saturated heterocycles. The van der Waals surface area contributed by atoms with Crippen LogP contribution in [0.4, 0.5) is 4.39 Å². The van der Waals surface area contributed by atoms with E-state index in [0.29, 0.717) is 18.5 Å². The molecule has 2 aromatic heterocycles. The third-order valence-electron chi connectivity index (χ3n) is 4.45. The SMILES string of the molecule is O=C(NCCc1cccc(-c2cnc3[nH]ccc3c2)c1)c1cccc(F)c1. The number of fused-ring (bicyclic) bond motifs is 1. The minimum absolute atomic E-state index is 0.271. The summed E-state index contributed by atoms with van der Waals surface area (Å²) in [5, 5.41) is 3.90. The number of amides is 1. The molecule has 4 nitrogen and oxygen atoms in total. The van der Waals surface area contributed by atoms with Gasteiger partial charge in [0.15, 0.2) is 0 Å². The molecule has 4 rings (SSSR count). The zero-order valence-electron chi connectivity index (χ0n) is 14.6. The van der Waals surface area contributed by atoms with E-state index in [9.17, 15) is 9.18 Å². The Morgan fingerprint density at radius 1 is 1.04 bits per heavy atom. The summed E-state index contributed by atoms with van der Waals surface area (Å²) < 4.78 is 13.2. The summed E-state index contributed by atoms with van der Waals surface area (Å²) in [7, 11) is 0. The minimum atomic E-state index is -0.414. The molecule has 0 radical (unpaired) electrons. The Labute approximate surface area is 156 Å². The Bertz CT molecular complexity index is 1100. The lowest BCUT2D eigenvalue weighted by molar-refractivity contribution is 0.0953. The van der Waals surface area contributed by atoms with E-state index in [1.807, 2.05) is 36.7 Å². The second-order valence-electron chi connectivity index (χ2n) is 6.36. The van der Waals surface area contributed by atoms with Gasteiger partial charge in [0, 0.05) is 35.5 Å². The number of benzene rings is 2. The molecule has 0 unspecified atom stereocenters. The summed E-state index contributed by atoms with van der Waals surface area (Å²) in [5.74, 6) is -0.684. The molecule has 27 heavy (non-hydrogen) atoms. The molecule has 0 saturated carbocycles. The second-order valence-corrected chi connectivity index (χ2v) is 6.36. The predicted molar refractivity (Wildman–Crippen MR) is 104 cm³/mol. The third-order valence-corrected chi connectivity index (χ3v) is 4.45. The fourth-order valence-corrected chi connectivity index (χ4v) is 3.06. The molecule has 2 heterocycles. The monoisotopic (exact) mass is 359 g/mol. The van der Waals surface area contributed by atoms with Crippen molar-refractivity contribution in [3.05, 3.63) is 90.0 Å². The van der Waals surface area contributed by atoms with E-state index in [-0.39, 0.29) is 5.91 Å². The number of aromatic amines is 1. The molecule has 0 bridgehead atoms. The lowest BCUT2D eigenvalue weighted by Crippen LogP contribution is -2.25. The summed E-state index contributed by atoms with van der Waals surface area (Å²) in [4.78, 5) is 19.6. The number of aromatic nitrogens is 2. The number of rotatable bonds is 5. The van der Waals surface area contributed by atoms with Crippen LogP contribution in [0, 0.1) is 5.82 Å². The Kier molecular flexibility index (Phi) is 4.66. The van der Waals surface area contributed by atoms with Crippen molar-refractivity contribution < 1.29 is 9.18 Å². The average molecular weight is 359 g/mol. The first-order valence-electron chi connectivity index (χ1n) is 8.75. The number of carbonyl (C=O) groups is 1. The lowest BCUT2D eigenvalue weighted by atomic mass is 10.0. The van der Waals surface area contributed by atoms with Crippen molar-refractivity contribution in [3.8, 4) is 11.1 Å². The van der Waals surface area contributed by atoms with Crippen molar-refractivity contribution in [2.24, 2.45) is 0 Å². The van der Waals surface area contributed by atoms with Gasteiger partial charge in [0.1, 0.15) is 11.5 Å². The standard InChI is InChI=1S/C22H18FN3O/c23-20-6-2-5-18(13-20)22(27)25-9-7-15-3-1-4-16(11-15)19-12-17-8-10-24-21(17)26-14-19/h1-6,8,10-14H,7,9H2,(H,24,26)(H,25,27). The first-order chi connectivity index (χ1) is 13.2. The van der Waals surface area contributed by atoms with Crippen LogP contribution in [-0.2, 0) is 6.42 Å². The van der Waals surface area contributed by atoms with Crippen LogP contribution in [0.5, 0.6) is 0 Å². The lowest BCUT2D eigenvalue weighted by Gasteiger charge is -2.08. The highest BCUT2D eigenvalue weighted by Gasteiger charge is 2.07. The quantitative estimate of drug-likeness (QED) is 0.557. The number of pyridine rings is 1. The van der Waals surface area contributed by atoms with E-state index in [0.717, 1.165) is 27.7 Å². The van der Waals surface area contributed by atoms with Crippen molar-refractivity contribution in [1.82, 2.24) is 15.3 Å². The summed E-state index contributed by atoms with van der Waals surface area (Å²) in [5.41, 5.74) is 4.44. The van der Waals surface area contributed by atoms with Crippen LogP contribution in [-0.4, -0.2) is 22.4 Å². The van der Waals surface area contributed by atoms with Gasteiger partial charge in [-0.3, -0.25) is 4.79 Å². The van der Waals surface area contributed by atoms with Crippen LogP contribution in [0.2, 0.25) is 0 Å². The maximum atomic E-state index is 13.2. The van der Waals surface area contributed by atoms with Gasteiger partial charge in [-0.2, -0.15) is 0 Å².